The summed E-state index contributed by atoms with van der Waals surface area (Å²) >= 11 is 5.68. The van der Waals surface area contributed by atoms with Gasteiger partial charge < -0.3 is 10.1 Å². The number of pyridine rings is 1. The molecule has 0 bridgehead atoms. The quantitative estimate of drug-likeness (QED) is 0.696. The van der Waals surface area contributed by atoms with Crippen LogP contribution in [0.15, 0.2) is 54.7 Å². The van der Waals surface area contributed by atoms with Gasteiger partial charge in [0.2, 0.25) is 0 Å². The van der Waals surface area contributed by atoms with Crippen LogP contribution in [0.5, 0.6) is 0 Å². The lowest BCUT2D eigenvalue weighted by Crippen LogP contribution is -2.28. The number of nitrogens with one attached hydrogen (secondary N) is 1. The highest BCUT2D eigenvalue weighted by molar-refractivity contribution is 6.30. The lowest BCUT2D eigenvalue weighted by molar-refractivity contribution is -0.124. The van der Waals surface area contributed by atoms with Gasteiger partial charge in [-0.25, -0.2) is 14.2 Å². The van der Waals surface area contributed by atoms with Crippen molar-refractivity contribution in [3.8, 4) is 0 Å². The smallest absolute Gasteiger partial charge is 0.358 e. The number of aromatic nitrogens is 1. The van der Waals surface area contributed by atoms with Crippen molar-refractivity contribution in [2.45, 2.75) is 6.54 Å². The van der Waals surface area contributed by atoms with Gasteiger partial charge in [-0.15, -0.1) is 0 Å². The van der Waals surface area contributed by atoms with Crippen molar-refractivity contribution in [2.75, 3.05) is 6.61 Å². The molecule has 5 nitrogen and oxygen atoms in total. The molecule has 3 rings (SSSR count). The molecule has 0 saturated heterocycles. The van der Waals surface area contributed by atoms with E-state index in [-0.39, 0.29) is 17.3 Å². The number of hydrogen-bond acceptors (Lipinski definition) is 4. The summed E-state index contributed by atoms with van der Waals surface area (Å²) in [6.45, 7) is -0.304. The van der Waals surface area contributed by atoms with Crippen LogP contribution in [0.25, 0.3) is 10.8 Å². The van der Waals surface area contributed by atoms with Gasteiger partial charge in [-0.2, -0.15) is 0 Å². The Labute approximate surface area is 153 Å². The van der Waals surface area contributed by atoms with Crippen LogP contribution in [0.3, 0.4) is 0 Å². The van der Waals surface area contributed by atoms with Gasteiger partial charge >= 0.3 is 5.97 Å². The Hall–Kier alpha value is -2.99. The fraction of sp³-hybridized carbons (Fsp3) is 0.105. The Kier molecular flexibility index (Phi) is 5.43. The topological polar surface area (TPSA) is 68.3 Å². The van der Waals surface area contributed by atoms with E-state index in [1.54, 1.807) is 18.2 Å². The summed E-state index contributed by atoms with van der Waals surface area (Å²) in [5, 5.41) is 4.06. The van der Waals surface area contributed by atoms with Gasteiger partial charge in [0.15, 0.2) is 12.3 Å². The summed E-state index contributed by atoms with van der Waals surface area (Å²) in [5.74, 6) is -1.70. The fourth-order valence-electron chi connectivity index (χ4n) is 2.38. The molecule has 0 aliphatic heterocycles. The minimum atomic E-state index is -0.679. The number of halogens is 2. The van der Waals surface area contributed by atoms with Crippen LogP contribution in [0.2, 0.25) is 5.02 Å². The van der Waals surface area contributed by atoms with Gasteiger partial charge in [-0.05, 0) is 29.1 Å². The van der Waals surface area contributed by atoms with Gasteiger partial charge in [-0.3, -0.25) is 4.79 Å². The molecule has 26 heavy (non-hydrogen) atoms. The molecule has 0 radical (unpaired) electrons. The molecule has 1 amide bonds. The summed E-state index contributed by atoms with van der Waals surface area (Å²) in [6.07, 6.45) is 1.51. The highest BCUT2D eigenvalue weighted by Gasteiger charge is 2.14. The van der Waals surface area contributed by atoms with E-state index in [1.165, 1.54) is 24.4 Å². The summed E-state index contributed by atoms with van der Waals surface area (Å²) in [6, 6.07) is 13.2. The average Bonchev–Trinajstić information content (AvgIpc) is 2.66. The fourth-order valence-corrected chi connectivity index (χ4v) is 2.59. The Balaban J connectivity index is 1.57. The SMILES string of the molecule is O=C(COC(=O)c1nccc2ccccc12)NCc1ccc(F)c(Cl)c1. The molecule has 1 aromatic heterocycles. The lowest BCUT2D eigenvalue weighted by atomic mass is 10.1. The van der Waals surface area contributed by atoms with Crippen LogP contribution in [0.1, 0.15) is 16.1 Å². The Morgan fingerprint density at radius 3 is 2.77 bits per heavy atom. The van der Waals surface area contributed by atoms with Gasteiger partial charge in [0.1, 0.15) is 5.82 Å². The zero-order valence-electron chi connectivity index (χ0n) is 13.5. The van der Waals surface area contributed by atoms with Crippen molar-refractivity contribution in [1.82, 2.24) is 10.3 Å². The van der Waals surface area contributed by atoms with Crippen molar-refractivity contribution in [3.63, 3.8) is 0 Å². The molecule has 1 heterocycles. The molecule has 3 aromatic rings. The number of benzene rings is 2. The number of rotatable bonds is 5. The second-order valence-electron chi connectivity index (χ2n) is 5.48. The van der Waals surface area contributed by atoms with Crippen molar-refractivity contribution >= 4 is 34.2 Å². The number of carbonyl (C=O) groups is 2. The van der Waals surface area contributed by atoms with Crippen LogP contribution in [0, 0.1) is 5.82 Å². The van der Waals surface area contributed by atoms with Gasteiger partial charge in [0.05, 0.1) is 5.02 Å². The largest absolute Gasteiger partial charge is 0.451 e. The Morgan fingerprint density at radius 1 is 1.15 bits per heavy atom. The number of esters is 1. The van der Waals surface area contributed by atoms with Crippen LogP contribution in [0.4, 0.5) is 4.39 Å². The summed E-state index contributed by atoms with van der Waals surface area (Å²) in [7, 11) is 0. The number of ether oxygens (including phenoxy) is 1. The van der Waals surface area contributed by atoms with Crippen LogP contribution < -0.4 is 5.32 Å². The Bertz CT molecular complexity index is 973. The second kappa shape index (κ2) is 7.93. The first-order chi connectivity index (χ1) is 12.5. The number of hydrogen-bond donors (Lipinski definition) is 1. The number of nitrogens with zero attached hydrogens (tertiary/aromatic N) is 1. The highest BCUT2D eigenvalue weighted by atomic mass is 35.5. The molecule has 132 valence electrons. The predicted octanol–water partition coefficient (Wildman–Crippen LogP) is 3.50. The maximum Gasteiger partial charge on any atom is 0.358 e. The van der Waals surface area contributed by atoms with Crippen molar-refractivity contribution < 1.29 is 18.7 Å². The molecule has 0 saturated carbocycles. The predicted molar refractivity (Wildman–Crippen MR) is 95.3 cm³/mol. The number of carbonyl (C=O) groups excluding carboxylic acids is 2. The van der Waals surface area contributed by atoms with E-state index in [0.717, 1.165) is 5.39 Å². The Morgan fingerprint density at radius 2 is 1.96 bits per heavy atom. The van der Waals surface area contributed by atoms with Gasteiger partial charge in [0, 0.05) is 18.1 Å². The van der Waals surface area contributed by atoms with E-state index >= 15 is 0 Å². The van der Waals surface area contributed by atoms with Crippen LogP contribution >= 0.6 is 11.6 Å². The molecule has 0 atom stereocenters. The van der Waals surface area contributed by atoms with Gasteiger partial charge in [0.25, 0.3) is 5.91 Å². The van der Waals surface area contributed by atoms with E-state index in [1.807, 2.05) is 12.1 Å². The van der Waals surface area contributed by atoms with Crippen molar-refractivity contribution in [2.24, 2.45) is 0 Å². The summed E-state index contributed by atoms with van der Waals surface area (Å²) < 4.78 is 18.1. The zero-order chi connectivity index (χ0) is 18.5. The molecular weight excluding hydrogens is 359 g/mol. The normalized spacial score (nSPS) is 10.5. The molecule has 0 unspecified atom stereocenters. The van der Waals surface area contributed by atoms with E-state index < -0.39 is 24.3 Å². The molecule has 7 heteroatoms. The van der Waals surface area contributed by atoms with E-state index in [2.05, 4.69) is 10.3 Å². The molecular formula is C19H14ClFN2O3. The number of amides is 1. The molecule has 1 N–H and O–H groups in total. The third-order valence-electron chi connectivity index (χ3n) is 3.68. The number of fused-ring (bicyclic) bond motifs is 1. The van der Waals surface area contributed by atoms with Crippen LogP contribution in [-0.2, 0) is 16.1 Å². The molecule has 0 aliphatic rings. The third-order valence-corrected chi connectivity index (χ3v) is 3.96. The molecule has 0 aliphatic carbocycles. The first-order valence-corrected chi connectivity index (χ1v) is 8.14. The van der Waals surface area contributed by atoms with Gasteiger partial charge in [-0.1, -0.05) is 41.9 Å². The third kappa shape index (κ3) is 4.15. The summed E-state index contributed by atoms with van der Waals surface area (Å²) in [5.41, 5.74) is 0.785. The average molecular weight is 373 g/mol. The lowest BCUT2D eigenvalue weighted by Gasteiger charge is -2.08. The maximum atomic E-state index is 13.1. The molecule has 0 spiro atoms. The first-order valence-electron chi connectivity index (χ1n) is 7.76. The summed E-state index contributed by atoms with van der Waals surface area (Å²) in [4.78, 5) is 28.1. The van der Waals surface area contributed by atoms with Crippen LogP contribution in [-0.4, -0.2) is 23.5 Å². The standard InChI is InChI=1S/C19H14ClFN2O3/c20-15-9-12(5-6-16(15)21)10-23-17(24)11-26-19(25)18-14-4-2-1-3-13(14)7-8-22-18/h1-9H,10-11H2,(H,23,24). The highest BCUT2D eigenvalue weighted by Crippen LogP contribution is 2.17. The molecule has 2 aromatic carbocycles. The van der Waals surface area contributed by atoms with Crippen molar-refractivity contribution in [1.29, 1.82) is 0 Å². The van der Waals surface area contributed by atoms with E-state index in [0.29, 0.717) is 10.9 Å². The minimum Gasteiger partial charge on any atom is -0.451 e. The van der Waals surface area contributed by atoms with E-state index in [9.17, 15) is 14.0 Å². The monoisotopic (exact) mass is 372 g/mol. The minimum absolute atomic E-state index is 0.0230. The van der Waals surface area contributed by atoms with Crippen molar-refractivity contribution in [3.05, 3.63) is 76.8 Å². The zero-order valence-corrected chi connectivity index (χ0v) is 14.3. The second-order valence-corrected chi connectivity index (χ2v) is 5.89. The molecule has 0 fully saturated rings. The van der Waals surface area contributed by atoms with E-state index in [4.69, 9.17) is 16.3 Å². The first kappa shape index (κ1) is 17.8. The maximum absolute atomic E-state index is 13.1.